The van der Waals surface area contributed by atoms with Crippen LogP contribution in [-0.2, 0) is 0 Å². The van der Waals surface area contributed by atoms with Gasteiger partial charge in [0, 0.05) is 22.2 Å². The fourth-order valence-corrected chi connectivity index (χ4v) is 4.32. The average molecular weight is 323 g/mol. The summed E-state index contributed by atoms with van der Waals surface area (Å²) in [6, 6.07) is 10.4. The molecule has 2 heterocycles. The van der Waals surface area contributed by atoms with E-state index in [1.165, 1.54) is 48.8 Å². The summed E-state index contributed by atoms with van der Waals surface area (Å²) < 4.78 is 1.20. The Balaban J connectivity index is 1.73. The van der Waals surface area contributed by atoms with Gasteiger partial charge in [-0.1, -0.05) is 22.0 Å². The van der Waals surface area contributed by atoms with Crippen molar-refractivity contribution >= 4 is 21.6 Å². The summed E-state index contributed by atoms with van der Waals surface area (Å²) in [7, 11) is 2.06. The van der Waals surface area contributed by atoms with Gasteiger partial charge >= 0.3 is 0 Å². The highest BCUT2D eigenvalue weighted by Gasteiger charge is 2.40. The summed E-state index contributed by atoms with van der Waals surface area (Å²) in [6.07, 6.45) is 6.87. The molecule has 104 valence electrons. The van der Waals surface area contributed by atoms with Gasteiger partial charge in [0.05, 0.1) is 0 Å². The maximum Gasteiger partial charge on any atom is 0.0382 e. The topological polar surface area (TPSA) is 15.3 Å². The van der Waals surface area contributed by atoms with Gasteiger partial charge in [0.15, 0.2) is 0 Å². The van der Waals surface area contributed by atoms with E-state index in [0.717, 1.165) is 18.0 Å². The Kier molecular flexibility index (Phi) is 4.13. The van der Waals surface area contributed by atoms with Crippen molar-refractivity contribution < 1.29 is 0 Å². The van der Waals surface area contributed by atoms with Gasteiger partial charge < -0.3 is 10.2 Å². The molecule has 1 N–H and O–H groups in total. The van der Waals surface area contributed by atoms with Crippen LogP contribution in [0.25, 0.3) is 0 Å². The lowest BCUT2D eigenvalue weighted by Crippen LogP contribution is -2.43. The van der Waals surface area contributed by atoms with E-state index in [-0.39, 0.29) is 0 Å². The van der Waals surface area contributed by atoms with Crippen LogP contribution in [0.1, 0.15) is 32.1 Å². The highest BCUT2D eigenvalue weighted by molar-refractivity contribution is 9.10. The zero-order valence-corrected chi connectivity index (χ0v) is 13.2. The van der Waals surface area contributed by atoms with Gasteiger partial charge in [-0.15, -0.1) is 0 Å². The number of piperidine rings is 1. The molecule has 1 aromatic rings. The minimum Gasteiger partial charge on any atom is -0.366 e. The highest BCUT2D eigenvalue weighted by atomic mass is 79.9. The van der Waals surface area contributed by atoms with Crippen LogP contribution in [0.15, 0.2) is 28.7 Å². The number of nitrogens with one attached hydrogen (secondary N) is 1. The van der Waals surface area contributed by atoms with E-state index in [2.05, 4.69) is 57.5 Å². The van der Waals surface area contributed by atoms with Crippen LogP contribution in [0, 0.1) is 5.92 Å². The Bertz CT molecular complexity index is 421. The first-order valence-corrected chi connectivity index (χ1v) is 8.25. The van der Waals surface area contributed by atoms with Crippen molar-refractivity contribution in [3.05, 3.63) is 28.7 Å². The minimum atomic E-state index is 0.773. The molecule has 0 radical (unpaired) electrons. The molecule has 3 heteroatoms. The number of rotatable bonds is 4. The molecule has 2 atom stereocenters. The van der Waals surface area contributed by atoms with Crippen molar-refractivity contribution in [3.8, 4) is 0 Å². The molecular weight excluding hydrogens is 300 g/mol. The molecule has 3 rings (SSSR count). The highest BCUT2D eigenvalue weighted by Crippen LogP contribution is 2.42. The zero-order valence-electron chi connectivity index (χ0n) is 11.6. The second kappa shape index (κ2) is 5.84. The molecule has 0 aliphatic carbocycles. The smallest absolute Gasteiger partial charge is 0.0382 e. The van der Waals surface area contributed by atoms with Crippen LogP contribution in [0.2, 0.25) is 0 Å². The Hall–Kier alpha value is -0.540. The van der Waals surface area contributed by atoms with E-state index >= 15 is 0 Å². The Morgan fingerprint density at radius 2 is 2.00 bits per heavy atom. The molecule has 0 spiro atoms. The van der Waals surface area contributed by atoms with Crippen molar-refractivity contribution in [2.75, 3.05) is 18.5 Å². The number of halogens is 1. The van der Waals surface area contributed by atoms with Gasteiger partial charge in [-0.3, -0.25) is 0 Å². The van der Waals surface area contributed by atoms with Gasteiger partial charge in [0.2, 0.25) is 0 Å². The quantitative estimate of drug-likeness (QED) is 0.906. The second-order valence-corrected chi connectivity index (χ2v) is 6.92. The van der Waals surface area contributed by atoms with Crippen LogP contribution in [0.3, 0.4) is 0 Å². The molecule has 2 fully saturated rings. The Morgan fingerprint density at radius 3 is 2.63 bits per heavy atom. The van der Waals surface area contributed by atoms with E-state index in [1.54, 1.807) is 0 Å². The van der Waals surface area contributed by atoms with E-state index in [1.807, 2.05) is 0 Å². The fourth-order valence-electron chi connectivity index (χ4n) is 3.93. The van der Waals surface area contributed by atoms with E-state index in [9.17, 15) is 0 Å². The normalized spacial score (nSPS) is 29.8. The number of benzene rings is 1. The summed E-state index contributed by atoms with van der Waals surface area (Å²) in [5.41, 5.74) is 1.41. The van der Waals surface area contributed by atoms with Gasteiger partial charge in [-0.2, -0.15) is 0 Å². The Morgan fingerprint density at radius 1 is 1.26 bits per heavy atom. The third-order valence-electron chi connectivity index (χ3n) is 4.74. The molecule has 1 aromatic carbocycles. The predicted molar refractivity (Wildman–Crippen MR) is 84.7 cm³/mol. The van der Waals surface area contributed by atoms with Crippen LogP contribution >= 0.6 is 15.9 Å². The van der Waals surface area contributed by atoms with E-state index in [4.69, 9.17) is 0 Å². The fraction of sp³-hybridized carbons (Fsp3) is 0.625. The first-order valence-electron chi connectivity index (χ1n) is 7.46. The van der Waals surface area contributed by atoms with Crippen molar-refractivity contribution in [2.45, 2.75) is 44.2 Å². The third-order valence-corrected chi connectivity index (χ3v) is 5.23. The summed E-state index contributed by atoms with van der Waals surface area (Å²) in [5.74, 6) is 0.924. The lowest BCUT2D eigenvalue weighted by Gasteiger charge is -2.41. The molecule has 2 nitrogen and oxygen atoms in total. The molecule has 0 saturated carbocycles. The lowest BCUT2D eigenvalue weighted by atomic mass is 9.88. The standard InChI is InChI=1S/C16H23BrN2/c1-18-8-7-12-9-15-5-6-16(10-12)19(15)14-4-2-3-13(17)11-14/h2-4,11-12,15-16,18H,5-10H2,1H3. The minimum absolute atomic E-state index is 0.773. The molecular formula is C16H23BrN2. The summed E-state index contributed by atoms with van der Waals surface area (Å²) >= 11 is 3.60. The van der Waals surface area contributed by atoms with Gasteiger partial charge in [-0.25, -0.2) is 0 Å². The van der Waals surface area contributed by atoms with Crippen LogP contribution in [0.5, 0.6) is 0 Å². The molecule has 0 amide bonds. The van der Waals surface area contributed by atoms with Crippen molar-refractivity contribution in [1.29, 1.82) is 0 Å². The molecule has 2 bridgehead atoms. The molecule has 2 unspecified atom stereocenters. The van der Waals surface area contributed by atoms with Gasteiger partial charge in [0.1, 0.15) is 0 Å². The van der Waals surface area contributed by atoms with Crippen LogP contribution in [0.4, 0.5) is 5.69 Å². The first-order chi connectivity index (χ1) is 9.28. The summed E-state index contributed by atoms with van der Waals surface area (Å²) in [4.78, 5) is 2.70. The average Bonchev–Trinajstić information content (AvgIpc) is 2.68. The third kappa shape index (κ3) is 2.82. The van der Waals surface area contributed by atoms with Crippen LogP contribution in [-0.4, -0.2) is 25.7 Å². The molecule has 0 aromatic heterocycles. The lowest BCUT2D eigenvalue weighted by molar-refractivity contribution is 0.321. The van der Waals surface area contributed by atoms with Crippen molar-refractivity contribution in [3.63, 3.8) is 0 Å². The number of anilines is 1. The van der Waals surface area contributed by atoms with E-state index in [0.29, 0.717) is 0 Å². The van der Waals surface area contributed by atoms with Crippen molar-refractivity contribution in [2.24, 2.45) is 5.92 Å². The maximum absolute atomic E-state index is 3.60. The molecule has 2 aliphatic heterocycles. The van der Waals surface area contributed by atoms with Gasteiger partial charge in [0.25, 0.3) is 0 Å². The maximum atomic E-state index is 3.60. The largest absolute Gasteiger partial charge is 0.366 e. The SMILES string of the molecule is CNCCC1CC2CCC(C1)N2c1cccc(Br)c1. The van der Waals surface area contributed by atoms with Crippen molar-refractivity contribution in [1.82, 2.24) is 5.32 Å². The first kappa shape index (κ1) is 13.4. The number of hydrogen-bond donors (Lipinski definition) is 1. The predicted octanol–water partition coefficient (Wildman–Crippen LogP) is 3.81. The zero-order chi connectivity index (χ0) is 13.2. The molecule has 2 aliphatic rings. The second-order valence-electron chi connectivity index (χ2n) is 6.00. The summed E-state index contributed by atoms with van der Waals surface area (Å²) in [5, 5.41) is 3.30. The molecule has 19 heavy (non-hydrogen) atoms. The monoisotopic (exact) mass is 322 g/mol. The van der Waals surface area contributed by atoms with E-state index < -0.39 is 0 Å². The number of fused-ring (bicyclic) bond motifs is 2. The number of hydrogen-bond acceptors (Lipinski definition) is 2. The number of nitrogens with zero attached hydrogens (tertiary/aromatic N) is 1. The van der Waals surface area contributed by atoms with Crippen LogP contribution < -0.4 is 10.2 Å². The Labute approximate surface area is 124 Å². The van der Waals surface area contributed by atoms with Gasteiger partial charge in [-0.05, 0) is 69.8 Å². The summed E-state index contributed by atoms with van der Waals surface area (Å²) in [6.45, 7) is 1.17. The molecule has 2 saturated heterocycles.